The molecule has 3 aromatic heterocycles. The van der Waals surface area contributed by atoms with Gasteiger partial charge in [0.1, 0.15) is 16.4 Å². The first-order chi connectivity index (χ1) is 16.5. The molecule has 0 unspecified atom stereocenters. The van der Waals surface area contributed by atoms with E-state index in [2.05, 4.69) is 25.6 Å². The van der Waals surface area contributed by atoms with Gasteiger partial charge in [-0.2, -0.15) is 0 Å². The van der Waals surface area contributed by atoms with Crippen molar-refractivity contribution in [2.45, 2.75) is 38.3 Å². The number of fused-ring (bicyclic) bond motifs is 2. The number of nitrogens with zero attached hydrogens (tertiary/aromatic N) is 4. The number of hydrogen-bond donors (Lipinski definition) is 2. The summed E-state index contributed by atoms with van der Waals surface area (Å²) in [5.41, 5.74) is 1.15. The smallest absolute Gasteiger partial charge is 0.263 e. The monoisotopic (exact) mass is 484 g/mol. The second-order valence-electron chi connectivity index (χ2n) is 8.65. The Labute approximate surface area is 200 Å². The Kier molecular flexibility index (Phi) is 6.34. The summed E-state index contributed by atoms with van der Waals surface area (Å²) in [5, 5.41) is 6.61. The first-order valence-corrected chi connectivity index (χ1v) is 11.6. The Balaban J connectivity index is 1.15. The van der Waals surface area contributed by atoms with Crippen molar-refractivity contribution >= 4 is 34.4 Å². The summed E-state index contributed by atoms with van der Waals surface area (Å²) in [6.07, 6.45) is 7.17. The van der Waals surface area contributed by atoms with Gasteiger partial charge in [0.05, 0.1) is 31.1 Å². The van der Waals surface area contributed by atoms with Crippen LogP contribution in [0.25, 0.3) is 11.0 Å². The lowest BCUT2D eigenvalue weighted by Gasteiger charge is -2.29. The Hall–Kier alpha value is -3.24. The molecule has 4 heterocycles. The maximum Gasteiger partial charge on any atom is 0.263 e. The van der Waals surface area contributed by atoms with Crippen molar-refractivity contribution in [3.8, 4) is 11.5 Å². The number of ether oxygens (including phenoxy) is 2. The van der Waals surface area contributed by atoms with Crippen LogP contribution in [0.2, 0.25) is 5.02 Å². The molecular weight excluding hydrogens is 460 g/mol. The fraction of sp³-hybridized carbons (Fsp3) is 0.435. The average molecular weight is 485 g/mol. The van der Waals surface area contributed by atoms with E-state index < -0.39 is 0 Å². The molecule has 0 bridgehead atoms. The molecule has 5 rings (SSSR count). The number of aryl methyl sites for hydroxylation is 1. The molecule has 1 fully saturated rings. The topological polar surface area (TPSA) is 120 Å². The summed E-state index contributed by atoms with van der Waals surface area (Å²) < 4.78 is 12.9. The number of pyridine rings is 2. The molecule has 11 heteroatoms. The van der Waals surface area contributed by atoms with Gasteiger partial charge in [-0.25, -0.2) is 9.97 Å². The molecule has 10 nitrogen and oxygen atoms in total. The van der Waals surface area contributed by atoms with E-state index in [1.807, 2.05) is 0 Å². The minimum Gasteiger partial charge on any atom is -0.489 e. The highest BCUT2D eigenvalue weighted by molar-refractivity contribution is 6.32. The number of carbonyl (C=O) groups is 1. The fourth-order valence-electron chi connectivity index (χ4n) is 4.40. The van der Waals surface area contributed by atoms with Gasteiger partial charge in [0.25, 0.3) is 11.5 Å². The van der Waals surface area contributed by atoms with Crippen LogP contribution in [0.5, 0.6) is 11.5 Å². The summed E-state index contributed by atoms with van der Waals surface area (Å²) >= 11 is 6.36. The third-order valence-electron chi connectivity index (χ3n) is 6.32. The maximum atomic E-state index is 12.1. The predicted molar refractivity (Wildman–Crippen MR) is 126 cm³/mol. The molecular formula is C23H25ClN6O4. The molecule has 0 radical (unpaired) electrons. The molecule has 178 valence electrons. The van der Waals surface area contributed by atoms with Crippen molar-refractivity contribution < 1.29 is 14.3 Å². The zero-order valence-corrected chi connectivity index (χ0v) is 19.5. The van der Waals surface area contributed by atoms with Crippen LogP contribution in [0, 0.1) is 5.92 Å². The number of carbonyl (C=O) groups excluding carboxylic acids is 1. The first-order valence-electron chi connectivity index (χ1n) is 11.3. The van der Waals surface area contributed by atoms with Crippen LogP contribution in [0.3, 0.4) is 0 Å². The number of aromatic nitrogens is 4. The summed E-state index contributed by atoms with van der Waals surface area (Å²) in [6, 6.07) is 3.53. The highest BCUT2D eigenvalue weighted by atomic mass is 35.5. The van der Waals surface area contributed by atoms with E-state index in [0.717, 1.165) is 25.7 Å². The van der Waals surface area contributed by atoms with Crippen LogP contribution in [0.4, 0.5) is 5.82 Å². The fourth-order valence-corrected chi connectivity index (χ4v) is 4.59. The van der Waals surface area contributed by atoms with E-state index >= 15 is 0 Å². The van der Waals surface area contributed by atoms with Crippen molar-refractivity contribution in [3.63, 3.8) is 0 Å². The van der Waals surface area contributed by atoms with Gasteiger partial charge in [0, 0.05) is 19.2 Å². The van der Waals surface area contributed by atoms with E-state index in [9.17, 15) is 9.59 Å². The molecule has 0 saturated heterocycles. The molecule has 0 atom stereocenters. The van der Waals surface area contributed by atoms with Crippen molar-refractivity contribution in [2.75, 3.05) is 18.5 Å². The molecule has 1 amide bonds. The molecule has 0 spiro atoms. The Morgan fingerprint density at radius 3 is 2.85 bits per heavy atom. The van der Waals surface area contributed by atoms with Gasteiger partial charge in [-0.3, -0.25) is 14.6 Å². The molecule has 2 N–H and O–H groups in total. The summed E-state index contributed by atoms with van der Waals surface area (Å²) in [4.78, 5) is 36.6. The average Bonchev–Trinajstić information content (AvgIpc) is 2.85. The summed E-state index contributed by atoms with van der Waals surface area (Å²) in [7, 11) is 1.69. The summed E-state index contributed by atoms with van der Waals surface area (Å²) in [6.45, 7) is 1.03. The Morgan fingerprint density at radius 1 is 1.21 bits per heavy atom. The second kappa shape index (κ2) is 9.55. The minimum absolute atomic E-state index is 0.0113. The Bertz CT molecular complexity index is 1290. The van der Waals surface area contributed by atoms with Crippen molar-refractivity contribution in [3.05, 3.63) is 45.7 Å². The molecule has 1 aliphatic heterocycles. The molecule has 1 aliphatic carbocycles. The first kappa shape index (κ1) is 22.5. The lowest BCUT2D eigenvalue weighted by Crippen LogP contribution is -2.34. The van der Waals surface area contributed by atoms with Crippen LogP contribution in [0.1, 0.15) is 31.5 Å². The van der Waals surface area contributed by atoms with Crippen LogP contribution >= 0.6 is 11.6 Å². The minimum atomic E-state index is -0.214. The van der Waals surface area contributed by atoms with E-state index in [0.29, 0.717) is 64.3 Å². The van der Waals surface area contributed by atoms with Crippen molar-refractivity contribution in [1.82, 2.24) is 24.8 Å². The normalized spacial score (nSPS) is 19.9. The molecule has 2 aliphatic rings. The standard InChI is InChI=1S/C23H25ClN6O4/c1-30-20(32)7-6-16-21(30)22(15(24)8-26-16)34-11-13-2-4-14(5-3-13)25-10-18-27-9-17-23(28-18)29-19(31)12-33-17/h6-9,13-14,25H,2-5,10-12H2,1H3,(H,27,28,29,31)/t13-,14-. The van der Waals surface area contributed by atoms with Crippen LogP contribution in [-0.2, 0) is 18.4 Å². The van der Waals surface area contributed by atoms with Gasteiger partial charge in [-0.05, 0) is 37.7 Å². The van der Waals surface area contributed by atoms with Crippen LogP contribution in [-0.4, -0.2) is 44.7 Å². The SMILES string of the molecule is Cn1c(=O)ccc2ncc(Cl)c(OC[C@H]3CC[C@H](NCc4ncc5c(n4)NC(=O)CO5)CC3)c21. The van der Waals surface area contributed by atoms with Gasteiger partial charge in [-0.15, -0.1) is 0 Å². The maximum absolute atomic E-state index is 12.1. The van der Waals surface area contributed by atoms with Gasteiger partial charge >= 0.3 is 0 Å². The van der Waals surface area contributed by atoms with E-state index in [4.69, 9.17) is 21.1 Å². The molecule has 1 saturated carbocycles. The predicted octanol–water partition coefficient (Wildman–Crippen LogP) is 2.44. The van der Waals surface area contributed by atoms with Crippen LogP contribution < -0.4 is 25.7 Å². The quantitative estimate of drug-likeness (QED) is 0.547. The lowest BCUT2D eigenvalue weighted by molar-refractivity contribution is -0.118. The van der Waals surface area contributed by atoms with Crippen LogP contribution in [0.15, 0.2) is 29.3 Å². The number of amides is 1. The third-order valence-corrected chi connectivity index (χ3v) is 6.59. The van der Waals surface area contributed by atoms with E-state index in [1.165, 1.54) is 10.6 Å². The largest absolute Gasteiger partial charge is 0.489 e. The highest BCUT2D eigenvalue weighted by Crippen LogP contribution is 2.33. The second-order valence-corrected chi connectivity index (χ2v) is 9.05. The zero-order chi connectivity index (χ0) is 23.7. The van der Waals surface area contributed by atoms with Gasteiger partial charge < -0.3 is 24.7 Å². The number of hydrogen-bond acceptors (Lipinski definition) is 8. The molecule has 34 heavy (non-hydrogen) atoms. The Morgan fingerprint density at radius 2 is 2.03 bits per heavy atom. The highest BCUT2D eigenvalue weighted by Gasteiger charge is 2.23. The molecule has 0 aromatic carbocycles. The van der Waals surface area contributed by atoms with Crippen molar-refractivity contribution in [2.24, 2.45) is 13.0 Å². The number of anilines is 1. The van der Waals surface area contributed by atoms with Gasteiger partial charge in [0.2, 0.25) is 0 Å². The zero-order valence-electron chi connectivity index (χ0n) is 18.7. The lowest BCUT2D eigenvalue weighted by atomic mass is 9.86. The number of halogens is 1. The van der Waals surface area contributed by atoms with E-state index in [1.54, 1.807) is 25.5 Å². The number of rotatable bonds is 6. The van der Waals surface area contributed by atoms with Gasteiger partial charge in [-0.1, -0.05) is 11.6 Å². The molecule has 3 aromatic rings. The van der Waals surface area contributed by atoms with E-state index in [-0.39, 0.29) is 18.1 Å². The summed E-state index contributed by atoms with van der Waals surface area (Å²) in [5.74, 6) is 2.21. The van der Waals surface area contributed by atoms with Crippen molar-refractivity contribution in [1.29, 1.82) is 0 Å². The third kappa shape index (κ3) is 4.69. The number of nitrogens with one attached hydrogen (secondary N) is 2. The van der Waals surface area contributed by atoms with Gasteiger partial charge in [0.15, 0.2) is 23.9 Å².